The van der Waals surface area contributed by atoms with E-state index in [9.17, 15) is 0 Å². The molecule has 0 heterocycles. The summed E-state index contributed by atoms with van der Waals surface area (Å²) in [5, 5.41) is 0. The van der Waals surface area contributed by atoms with Crippen molar-refractivity contribution in [3.63, 3.8) is 0 Å². The Morgan fingerprint density at radius 3 is 1.84 bits per heavy atom. The molecule has 0 saturated heterocycles. The molecule has 0 bridgehead atoms. The standard InChI is InChI=1S/C27H33.C5H5.C3H6.2ClH.Zr/c1-18-13-22-15-23-14-19(2)25(21-11-7-4-8-12-21)17-27(23)26(22)16-24(18)20-9-5-3-6-10-20;1-2-4-5-3-1;1-3-2;;;/h13,16-17,20-21H,3-12,15H2,1-2H3;1-3H,4H2;1-2H3;2*1H;/q2*-1;;;;+2. The Balaban J connectivity index is 0.000000398. The molecule has 3 heteroatoms. The first-order valence-corrected chi connectivity index (χ1v) is 15.6. The van der Waals surface area contributed by atoms with E-state index >= 15 is 0 Å². The maximum atomic E-state index is 3.82. The van der Waals surface area contributed by atoms with Crippen LogP contribution in [0.2, 0.25) is 0 Å². The predicted molar refractivity (Wildman–Crippen MR) is 167 cm³/mol. The van der Waals surface area contributed by atoms with Crippen molar-refractivity contribution < 1.29 is 24.2 Å². The normalized spacial score (nSPS) is 17.6. The van der Waals surface area contributed by atoms with Gasteiger partial charge in [0.1, 0.15) is 0 Å². The van der Waals surface area contributed by atoms with E-state index < -0.39 is 0 Å². The van der Waals surface area contributed by atoms with Gasteiger partial charge in [-0.15, -0.1) is 47.9 Å². The third kappa shape index (κ3) is 8.88. The summed E-state index contributed by atoms with van der Waals surface area (Å²) in [5.74, 6) is 1.56. The van der Waals surface area contributed by atoms with E-state index in [1.54, 1.807) is 40.9 Å². The molecule has 0 amide bonds. The average Bonchev–Trinajstić information content (AvgIpc) is 3.55. The third-order valence-electron chi connectivity index (χ3n) is 8.22. The van der Waals surface area contributed by atoms with Gasteiger partial charge in [-0.05, 0) is 48.8 Å². The van der Waals surface area contributed by atoms with Crippen LogP contribution in [-0.2, 0) is 30.7 Å². The molecule has 0 radical (unpaired) electrons. The number of fused-ring (bicyclic) bond motifs is 3. The molecule has 2 aromatic carbocycles. The van der Waals surface area contributed by atoms with Crippen LogP contribution in [0.4, 0.5) is 0 Å². The van der Waals surface area contributed by atoms with Crippen LogP contribution in [-0.4, -0.2) is 3.21 Å². The number of halogens is 2. The van der Waals surface area contributed by atoms with Gasteiger partial charge < -0.3 is 0 Å². The summed E-state index contributed by atoms with van der Waals surface area (Å²) in [6, 6.07) is 11.5. The zero-order chi connectivity index (χ0) is 25.5. The first-order valence-electron chi connectivity index (χ1n) is 14.4. The van der Waals surface area contributed by atoms with Crippen molar-refractivity contribution >= 4 is 28.0 Å². The zero-order valence-electron chi connectivity index (χ0n) is 23.9. The topological polar surface area (TPSA) is 0 Å². The van der Waals surface area contributed by atoms with Crippen LogP contribution in [0.25, 0.3) is 11.1 Å². The van der Waals surface area contributed by atoms with Gasteiger partial charge in [0.2, 0.25) is 0 Å². The summed E-state index contributed by atoms with van der Waals surface area (Å²) in [7, 11) is 0. The van der Waals surface area contributed by atoms with Gasteiger partial charge in [-0.1, -0.05) is 81.9 Å². The van der Waals surface area contributed by atoms with Gasteiger partial charge in [0, 0.05) is 0 Å². The Hall–Kier alpha value is -0.747. The molecular formula is C35H46Cl2Zr. The minimum absolute atomic E-state index is 0. The molecule has 2 aromatic rings. The van der Waals surface area contributed by atoms with Gasteiger partial charge in [-0.2, -0.15) is 23.8 Å². The van der Waals surface area contributed by atoms with Crippen molar-refractivity contribution in [1.29, 1.82) is 0 Å². The smallest absolute Gasteiger partial charge is 0.0160 e. The number of hydrogen-bond donors (Lipinski definition) is 0. The molecule has 0 unspecified atom stereocenters. The molecule has 0 aliphatic heterocycles. The summed E-state index contributed by atoms with van der Waals surface area (Å²) in [5.41, 5.74) is 12.2. The van der Waals surface area contributed by atoms with Crippen molar-refractivity contribution in [1.82, 2.24) is 0 Å². The predicted octanol–water partition coefficient (Wildman–Crippen LogP) is 10.7. The molecule has 0 aromatic heterocycles. The van der Waals surface area contributed by atoms with E-state index in [2.05, 4.69) is 64.1 Å². The molecule has 4 aliphatic carbocycles. The van der Waals surface area contributed by atoms with Gasteiger partial charge in [0.15, 0.2) is 0 Å². The van der Waals surface area contributed by atoms with Crippen molar-refractivity contribution in [3.8, 4) is 11.1 Å². The number of allylic oxidation sites excluding steroid dienone is 4. The first-order chi connectivity index (χ1) is 17.4. The van der Waals surface area contributed by atoms with Crippen LogP contribution < -0.4 is 0 Å². The molecule has 0 nitrogen and oxygen atoms in total. The maximum Gasteiger partial charge on any atom is -0.0160 e. The second kappa shape index (κ2) is 16.5. The Morgan fingerprint density at radius 2 is 1.34 bits per heavy atom. The van der Waals surface area contributed by atoms with Crippen molar-refractivity contribution in [3.05, 3.63) is 82.0 Å². The van der Waals surface area contributed by atoms with Crippen LogP contribution >= 0.6 is 24.8 Å². The van der Waals surface area contributed by atoms with Crippen molar-refractivity contribution in [2.75, 3.05) is 0 Å². The third-order valence-corrected chi connectivity index (χ3v) is 8.22. The average molecular weight is 629 g/mol. The minimum atomic E-state index is 0. The maximum absolute atomic E-state index is 3.82. The fourth-order valence-electron chi connectivity index (χ4n) is 6.50. The summed E-state index contributed by atoms with van der Waals surface area (Å²) < 4.78 is 1.51. The van der Waals surface area contributed by atoms with Crippen LogP contribution in [0.15, 0.2) is 36.4 Å². The van der Waals surface area contributed by atoms with Crippen LogP contribution in [0.5, 0.6) is 0 Å². The zero-order valence-corrected chi connectivity index (χ0v) is 28.0. The van der Waals surface area contributed by atoms with E-state index in [-0.39, 0.29) is 24.8 Å². The summed E-state index contributed by atoms with van der Waals surface area (Å²) in [6.45, 7) is 8.89. The van der Waals surface area contributed by atoms with E-state index in [0.29, 0.717) is 0 Å². The van der Waals surface area contributed by atoms with Gasteiger partial charge >= 0.3 is 41.3 Å². The fraction of sp³-hybridized carbons (Fsp3) is 0.514. The molecule has 204 valence electrons. The molecule has 4 aliphatic rings. The van der Waals surface area contributed by atoms with Gasteiger partial charge in [0.05, 0.1) is 0 Å². The molecular weight excluding hydrogens is 583 g/mol. The molecule has 2 fully saturated rings. The summed E-state index contributed by atoms with van der Waals surface area (Å²) >= 11 is 1.55. The van der Waals surface area contributed by atoms with Gasteiger partial charge in [0.25, 0.3) is 0 Å². The number of aryl methyl sites for hydroxylation is 2. The molecule has 2 saturated carbocycles. The SMILES string of the molecule is C[C](C)=[Zr+2].Cc1[c-]c2c(cc1C1CCCCC1)-c1cc(C3CCCCC3)c(C)cc1C2.Cl.Cl.[C-]1=CC=CC1. The first kappa shape index (κ1) is 33.5. The molecule has 6 rings (SSSR count). The molecule has 38 heavy (non-hydrogen) atoms. The quantitative estimate of drug-likeness (QED) is 0.248. The fourth-order valence-corrected chi connectivity index (χ4v) is 6.50. The Labute approximate surface area is 260 Å². The Bertz CT molecular complexity index is 1030. The van der Waals surface area contributed by atoms with Gasteiger partial charge in [-0.25, -0.2) is 12.2 Å². The second-order valence-electron chi connectivity index (χ2n) is 11.5. The largest absolute Gasteiger partial charge is 0.273 e. The minimum Gasteiger partial charge on any atom is -0.273 e. The van der Waals surface area contributed by atoms with E-state index in [1.165, 1.54) is 95.2 Å². The van der Waals surface area contributed by atoms with Crippen LogP contribution in [0.1, 0.15) is 130 Å². The molecule has 0 spiro atoms. The monoisotopic (exact) mass is 626 g/mol. The Morgan fingerprint density at radius 1 is 0.789 bits per heavy atom. The number of hydrogen-bond acceptors (Lipinski definition) is 0. The van der Waals surface area contributed by atoms with Crippen molar-refractivity contribution in [2.24, 2.45) is 0 Å². The molecule has 0 atom stereocenters. The summed E-state index contributed by atoms with van der Waals surface area (Å²) in [6.07, 6.45) is 25.1. The van der Waals surface area contributed by atoms with E-state index in [4.69, 9.17) is 0 Å². The van der Waals surface area contributed by atoms with Crippen molar-refractivity contribution in [2.45, 2.75) is 117 Å². The second-order valence-corrected chi connectivity index (χ2v) is 13.9. The number of rotatable bonds is 2. The van der Waals surface area contributed by atoms with Crippen LogP contribution in [0, 0.1) is 26.0 Å². The van der Waals surface area contributed by atoms with E-state index in [0.717, 1.165) is 24.7 Å². The summed E-state index contributed by atoms with van der Waals surface area (Å²) in [4.78, 5) is 0. The number of benzene rings is 2. The van der Waals surface area contributed by atoms with E-state index in [1.807, 2.05) is 12.2 Å². The Kier molecular flexibility index (Phi) is 14.5. The van der Waals surface area contributed by atoms with Crippen LogP contribution in [0.3, 0.4) is 0 Å². The van der Waals surface area contributed by atoms with Gasteiger partial charge in [-0.3, -0.25) is 6.08 Å². The molecule has 0 N–H and O–H groups in total.